The molecule has 0 bridgehead atoms. The molecule has 0 heterocycles. The van der Waals surface area contributed by atoms with Gasteiger partial charge in [-0.25, -0.2) is 0 Å². The molecular weight excluding hydrogens is 264 g/mol. The number of alkyl halides is 2. The van der Waals surface area contributed by atoms with Gasteiger partial charge in [-0.2, -0.15) is 8.78 Å². The van der Waals surface area contributed by atoms with Gasteiger partial charge >= 0.3 is 0 Å². The average Bonchev–Trinajstić information content (AvgIpc) is 2.35. The third kappa shape index (κ3) is 4.25. The molecule has 1 aromatic carbocycles. The Hall–Kier alpha value is -1.18. The summed E-state index contributed by atoms with van der Waals surface area (Å²) in [4.78, 5) is 11.9. The second-order valence-electron chi connectivity index (χ2n) is 3.41. The molecule has 0 spiro atoms. The van der Waals surface area contributed by atoms with E-state index in [1.807, 2.05) is 0 Å². The lowest BCUT2D eigenvalue weighted by molar-refractivity contribution is 0.0876. The Bertz CT molecular complexity index is 400. The Balaban J connectivity index is 2.84. The molecule has 0 saturated heterocycles. The summed E-state index contributed by atoms with van der Waals surface area (Å²) in [5.74, 6) is -3.22. The highest BCUT2D eigenvalue weighted by Gasteiger charge is 2.17. The van der Waals surface area contributed by atoms with Gasteiger partial charge in [0.2, 0.25) is 0 Å². The fourth-order valence-electron chi connectivity index (χ4n) is 1.27. The molecule has 0 radical (unpaired) electrons. The second-order valence-corrected chi connectivity index (χ2v) is 4.44. The van der Waals surface area contributed by atoms with Crippen LogP contribution < -0.4 is 5.32 Å². The molecular formula is C11H13F2NO3S. The van der Waals surface area contributed by atoms with Gasteiger partial charge in [-0.3, -0.25) is 4.79 Å². The van der Waals surface area contributed by atoms with Crippen LogP contribution in [-0.2, 0) is 0 Å². The van der Waals surface area contributed by atoms with Crippen LogP contribution in [-0.4, -0.2) is 41.1 Å². The molecule has 0 aliphatic heterocycles. The van der Waals surface area contributed by atoms with Crippen molar-refractivity contribution >= 4 is 17.7 Å². The Morgan fingerprint density at radius 3 is 2.44 bits per heavy atom. The minimum Gasteiger partial charge on any atom is -0.394 e. The molecule has 0 atom stereocenters. The maximum atomic E-state index is 12.3. The molecule has 0 aromatic heterocycles. The Morgan fingerprint density at radius 1 is 1.28 bits per heavy atom. The number of hydrogen-bond donors (Lipinski definition) is 3. The van der Waals surface area contributed by atoms with E-state index in [0.29, 0.717) is 0 Å². The zero-order chi connectivity index (χ0) is 13.5. The molecule has 7 heteroatoms. The molecule has 1 aromatic rings. The zero-order valence-electron chi connectivity index (χ0n) is 9.35. The van der Waals surface area contributed by atoms with Gasteiger partial charge < -0.3 is 15.5 Å². The van der Waals surface area contributed by atoms with Crippen LogP contribution in [0, 0.1) is 0 Å². The molecule has 0 aliphatic carbocycles. The summed E-state index contributed by atoms with van der Waals surface area (Å²) < 4.78 is 24.6. The predicted octanol–water partition coefficient (Wildman–Crippen LogP) is 1.08. The fourth-order valence-corrected chi connectivity index (χ4v) is 1.90. The van der Waals surface area contributed by atoms with E-state index in [2.05, 4.69) is 5.32 Å². The van der Waals surface area contributed by atoms with Gasteiger partial charge in [0.15, 0.2) is 0 Å². The van der Waals surface area contributed by atoms with Crippen LogP contribution in [0.3, 0.4) is 0 Å². The summed E-state index contributed by atoms with van der Waals surface area (Å²) in [6.07, 6.45) is 0. The summed E-state index contributed by atoms with van der Waals surface area (Å²) in [6.45, 7) is -0.848. The number of amides is 1. The number of rotatable bonds is 6. The molecule has 3 N–H and O–H groups in total. The molecule has 0 fully saturated rings. The highest BCUT2D eigenvalue weighted by atomic mass is 32.2. The number of thioether (sulfide) groups is 1. The van der Waals surface area contributed by atoms with Crippen LogP contribution in [0.5, 0.6) is 0 Å². The van der Waals surface area contributed by atoms with E-state index in [9.17, 15) is 13.6 Å². The lowest BCUT2D eigenvalue weighted by Gasteiger charge is -2.14. The molecule has 0 unspecified atom stereocenters. The second kappa shape index (κ2) is 7.30. The largest absolute Gasteiger partial charge is 0.394 e. The normalized spacial score (nSPS) is 11.0. The molecule has 0 saturated carbocycles. The standard InChI is InChI=1S/C11H13F2NO3S/c12-11(13)18-9-4-2-1-3-8(9)10(17)14-7(5-15)6-16/h1-4,7,11,15-16H,5-6H2,(H,14,17). The van der Waals surface area contributed by atoms with Crippen LogP contribution in [0.25, 0.3) is 0 Å². The Labute approximate surface area is 107 Å². The van der Waals surface area contributed by atoms with Crippen molar-refractivity contribution in [1.29, 1.82) is 0 Å². The van der Waals surface area contributed by atoms with Crippen LogP contribution >= 0.6 is 11.8 Å². The minimum absolute atomic E-state index is 0.0923. The number of benzene rings is 1. The molecule has 4 nitrogen and oxygen atoms in total. The van der Waals surface area contributed by atoms with Crippen molar-refractivity contribution in [3.8, 4) is 0 Å². The number of aliphatic hydroxyl groups is 2. The molecule has 1 rings (SSSR count). The monoisotopic (exact) mass is 277 g/mol. The van der Waals surface area contributed by atoms with Gasteiger partial charge in [-0.05, 0) is 12.1 Å². The van der Waals surface area contributed by atoms with E-state index in [0.717, 1.165) is 0 Å². The molecule has 100 valence electrons. The van der Waals surface area contributed by atoms with E-state index >= 15 is 0 Å². The maximum absolute atomic E-state index is 12.3. The number of carbonyl (C=O) groups excluding carboxylic acids is 1. The van der Waals surface area contributed by atoms with E-state index in [4.69, 9.17) is 10.2 Å². The summed E-state index contributed by atoms with van der Waals surface area (Å²) in [5.41, 5.74) is 0.0923. The van der Waals surface area contributed by atoms with Crippen molar-refractivity contribution in [3.63, 3.8) is 0 Å². The third-order valence-corrected chi connectivity index (χ3v) is 2.91. The topological polar surface area (TPSA) is 69.6 Å². The van der Waals surface area contributed by atoms with E-state index < -0.39 is 30.9 Å². The molecule has 18 heavy (non-hydrogen) atoms. The minimum atomic E-state index is -2.62. The van der Waals surface area contributed by atoms with Crippen LogP contribution in [0.2, 0.25) is 0 Å². The van der Waals surface area contributed by atoms with Gasteiger partial charge in [0.25, 0.3) is 11.7 Å². The van der Waals surface area contributed by atoms with Crippen molar-refractivity contribution in [2.24, 2.45) is 0 Å². The highest BCUT2D eigenvalue weighted by Crippen LogP contribution is 2.28. The van der Waals surface area contributed by atoms with Crippen LogP contribution in [0.4, 0.5) is 8.78 Å². The van der Waals surface area contributed by atoms with Crippen molar-refractivity contribution in [2.45, 2.75) is 16.7 Å². The number of nitrogens with one attached hydrogen (secondary N) is 1. The van der Waals surface area contributed by atoms with E-state index in [-0.39, 0.29) is 22.2 Å². The summed E-state index contributed by atoms with van der Waals surface area (Å²) >= 11 is 0.276. The zero-order valence-corrected chi connectivity index (χ0v) is 10.2. The first-order valence-corrected chi connectivity index (χ1v) is 6.03. The van der Waals surface area contributed by atoms with Gasteiger partial charge in [0.1, 0.15) is 0 Å². The van der Waals surface area contributed by atoms with Crippen molar-refractivity contribution in [2.75, 3.05) is 13.2 Å². The van der Waals surface area contributed by atoms with Gasteiger partial charge in [-0.15, -0.1) is 0 Å². The van der Waals surface area contributed by atoms with Crippen LogP contribution in [0.15, 0.2) is 29.2 Å². The summed E-state index contributed by atoms with van der Waals surface area (Å²) in [5, 5.41) is 20.0. The first kappa shape index (κ1) is 14.9. The number of aliphatic hydroxyl groups excluding tert-OH is 2. The predicted molar refractivity (Wildman–Crippen MR) is 63.7 cm³/mol. The highest BCUT2D eigenvalue weighted by molar-refractivity contribution is 7.99. The van der Waals surface area contributed by atoms with E-state index in [1.54, 1.807) is 12.1 Å². The number of halogens is 2. The average molecular weight is 277 g/mol. The summed E-state index contributed by atoms with van der Waals surface area (Å²) in [6, 6.07) is 5.13. The molecule has 1 amide bonds. The van der Waals surface area contributed by atoms with Gasteiger partial charge in [0, 0.05) is 4.90 Å². The lowest BCUT2D eigenvalue weighted by Crippen LogP contribution is -2.40. The first-order valence-electron chi connectivity index (χ1n) is 5.15. The maximum Gasteiger partial charge on any atom is 0.288 e. The van der Waals surface area contributed by atoms with Crippen molar-refractivity contribution in [3.05, 3.63) is 29.8 Å². The van der Waals surface area contributed by atoms with Gasteiger partial charge in [-0.1, -0.05) is 23.9 Å². The molecule has 0 aliphatic rings. The Morgan fingerprint density at radius 2 is 1.89 bits per heavy atom. The third-order valence-electron chi connectivity index (χ3n) is 2.12. The summed E-state index contributed by atoms with van der Waals surface area (Å²) in [7, 11) is 0. The number of hydrogen-bond acceptors (Lipinski definition) is 4. The van der Waals surface area contributed by atoms with Crippen LogP contribution in [0.1, 0.15) is 10.4 Å². The van der Waals surface area contributed by atoms with Crippen molar-refractivity contribution < 1.29 is 23.8 Å². The quantitative estimate of drug-likeness (QED) is 0.681. The lowest BCUT2D eigenvalue weighted by atomic mass is 10.2. The van der Waals surface area contributed by atoms with Gasteiger partial charge in [0.05, 0.1) is 24.8 Å². The first-order chi connectivity index (χ1) is 8.58. The van der Waals surface area contributed by atoms with E-state index in [1.165, 1.54) is 12.1 Å². The SMILES string of the molecule is O=C(NC(CO)CO)c1ccccc1SC(F)F. The fraction of sp³-hybridized carbons (Fsp3) is 0.364. The Kier molecular flexibility index (Phi) is 6.03. The van der Waals surface area contributed by atoms with Crippen molar-refractivity contribution in [1.82, 2.24) is 5.32 Å². The number of carbonyl (C=O) groups is 1. The smallest absolute Gasteiger partial charge is 0.288 e.